The lowest BCUT2D eigenvalue weighted by Gasteiger charge is -2.30. The van der Waals surface area contributed by atoms with Crippen molar-refractivity contribution in [3.8, 4) is 5.75 Å². The number of hydrogen-bond donors (Lipinski definition) is 2. The van der Waals surface area contributed by atoms with E-state index < -0.39 is 0 Å². The normalized spacial score (nSPS) is 22.4. The largest absolute Gasteiger partial charge is 0.484 e. The quantitative estimate of drug-likeness (QED) is 0.897. The zero-order valence-electron chi connectivity index (χ0n) is 11.3. The van der Waals surface area contributed by atoms with Crippen molar-refractivity contribution in [2.75, 3.05) is 19.7 Å². The van der Waals surface area contributed by atoms with Crippen LogP contribution in [-0.4, -0.2) is 31.6 Å². The average molecular weight is 317 g/mol. The molecule has 0 spiro atoms. The van der Waals surface area contributed by atoms with Crippen LogP contribution in [0, 0.1) is 5.92 Å². The van der Waals surface area contributed by atoms with E-state index in [9.17, 15) is 4.79 Å². The molecule has 0 aromatic heterocycles. The SMILES string of the molecule is CC1CCNCC1NC(=O)COc1ccc(Cl)c(Cl)c1. The minimum Gasteiger partial charge on any atom is -0.484 e. The maximum absolute atomic E-state index is 11.9. The van der Waals surface area contributed by atoms with Crippen LogP contribution in [0.2, 0.25) is 10.0 Å². The van der Waals surface area contributed by atoms with Crippen molar-refractivity contribution in [1.82, 2.24) is 10.6 Å². The van der Waals surface area contributed by atoms with Crippen LogP contribution >= 0.6 is 23.2 Å². The topological polar surface area (TPSA) is 50.4 Å². The highest BCUT2D eigenvalue weighted by Crippen LogP contribution is 2.26. The zero-order valence-corrected chi connectivity index (χ0v) is 12.8. The fourth-order valence-electron chi connectivity index (χ4n) is 2.15. The Labute approximate surface area is 128 Å². The number of piperidine rings is 1. The molecule has 1 aromatic rings. The molecule has 4 nitrogen and oxygen atoms in total. The predicted octanol–water partition coefficient (Wildman–Crippen LogP) is 2.49. The fourth-order valence-corrected chi connectivity index (χ4v) is 2.44. The molecule has 1 saturated heterocycles. The number of benzene rings is 1. The van der Waals surface area contributed by atoms with Crippen LogP contribution in [0.3, 0.4) is 0 Å². The average Bonchev–Trinajstić information content (AvgIpc) is 2.43. The molecule has 1 aromatic carbocycles. The van der Waals surface area contributed by atoms with Gasteiger partial charge in [-0.25, -0.2) is 0 Å². The molecule has 2 rings (SSSR count). The lowest BCUT2D eigenvalue weighted by molar-refractivity contribution is -0.124. The van der Waals surface area contributed by atoms with Gasteiger partial charge in [-0.1, -0.05) is 30.1 Å². The molecule has 0 aliphatic carbocycles. The van der Waals surface area contributed by atoms with Gasteiger partial charge in [0, 0.05) is 18.7 Å². The number of ether oxygens (including phenoxy) is 1. The molecular formula is C14H18Cl2N2O2. The third-order valence-corrected chi connectivity index (χ3v) is 4.17. The van der Waals surface area contributed by atoms with E-state index >= 15 is 0 Å². The third kappa shape index (κ3) is 4.27. The summed E-state index contributed by atoms with van der Waals surface area (Å²) in [5, 5.41) is 7.13. The van der Waals surface area contributed by atoms with Gasteiger partial charge < -0.3 is 15.4 Å². The van der Waals surface area contributed by atoms with Gasteiger partial charge in [0.25, 0.3) is 5.91 Å². The Hall–Kier alpha value is -0.970. The number of hydrogen-bond acceptors (Lipinski definition) is 3. The summed E-state index contributed by atoms with van der Waals surface area (Å²) in [6.07, 6.45) is 1.07. The molecule has 1 heterocycles. The molecule has 0 bridgehead atoms. The summed E-state index contributed by atoms with van der Waals surface area (Å²) in [6.45, 7) is 3.93. The van der Waals surface area contributed by atoms with Crippen LogP contribution in [-0.2, 0) is 4.79 Å². The first-order valence-corrected chi connectivity index (χ1v) is 7.40. The van der Waals surface area contributed by atoms with Crippen LogP contribution in [0.1, 0.15) is 13.3 Å². The molecule has 2 unspecified atom stereocenters. The molecule has 1 aliphatic heterocycles. The van der Waals surface area contributed by atoms with Gasteiger partial charge in [-0.15, -0.1) is 0 Å². The molecule has 1 aliphatic rings. The van der Waals surface area contributed by atoms with E-state index in [-0.39, 0.29) is 18.6 Å². The van der Waals surface area contributed by atoms with Crippen molar-refractivity contribution >= 4 is 29.1 Å². The highest BCUT2D eigenvalue weighted by molar-refractivity contribution is 6.42. The van der Waals surface area contributed by atoms with Gasteiger partial charge in [-0.3, -0.25) is 4.79 Å². The molecule has 1 fully saturated rings. The minimum absolute atomic E-state index is 0.0266. The molecular weight excluding hydrogens is 299 g/mol. The maximum atomic E-state index is 11.9. The third-order valence-electron chi connectivity index (χ3n) is 3.43. The van der Waals surface area contributed by atoms with Crippen LogP contribution in [0.15, 0.2) is 18.2 Å². The van der Waals surface area contributed by atoms with Crippen molar-refractivity contribution in [3.63, 3.8) is 0 Å². The Kier molecular flexibility index (Phi) is 5.52. The second-order valence-corrected chi connectivity index (χ2v) is 5.82. The van der Waals surface area contributed by atoms with Crippen molar-refractivity contribution in [3.05, 3.63) is 28.2 Å². The van der Waals surface area contributed by atoms with Crippen molar-refractivity contribution < 1.29 is 9.53 Å². The molecule has 0 radical (unpaired) electrons. The lowest BCUT2D eigenvalue weighted by atomic mass is 9.95. The summed E-state index contributed by atoms with van der Waals surface area (Å²) >= 11 is 11.7. The Bertz CT molecular complexity index is 482. The predicted molar refractivity (Wildman–Crippen MR) is 80.5 cm³/mol. The standard InChI is InChI=1S/C14H18Cl2N2O2/c1-9-4-5-17-7-13(9)18-14(19)8-20-10-2-3-11(15)12(16)6-10/h2-3,6,9,13,17H,4-5,7-8H2,1H3,(H,18,19). The minimum atomic E-state index is -0.128. The molecule has 20 heavy (non-hydrogen) atoms. The highest BCUT2D eigenvalue weighted by Gasteiger charge is 2.22. The molecule has 110 valence electrons. The van der Waals surface area contributed by atoms with Gasteiger partial charge in [0.1, 0.15) is 5.75 Å². The van der Waals surface area contributed by atoms with Crippen molar-refractivity contribution in [2.45, 2.75) is 19.4 Å². The zero-order chi connectivity index (χ0) is 14.5. The van der Waals surface area contributed by atoms with Crippen LogP contribution in [0.25, 0.3) is 0 Å². The monoisotopic (exact) mass is 316 g/mol. The highest BCUT2D eigenvalue weighted by atomic mass is 35.5. The first kappa shape index (κ1) is 15.4. The van der Waals surface area contributed by atoms with Crippen molar-refractivity contribution in [2.24, 2.45) is 5.92 Å². The molecule has 1 amide bonds. The van der Waals surface area contributed by atoms with E-state index in [0.29, 0.717) is 21.7 Å². The van der Waals surface area contributed by atoms with Gasteiger partial charge in [-0.2, -0.15) is 0 Å². The van der Waals surface area contributed by atoms with Gasteiger partial charge >= 0.3 is 0 Å². The first-order valence-electron chi connectivity index (χ1n) is 6.64. The fraction of sp³-hybridized carbons (Fsp3) is 0.500. The molecule has 0 saturated carbocycles. The summed E-state index contributed by atoms with van der Waals surface area (Å²) in [4.78, 5) is 11.9. The second kappa shape index (κ2) is 7.16. The maximum Gasteiger partial charge on any atom is 0.258 e. The Morgan fingerprint density at radius 2 is 2.25 bits per heavy atom. The number of amides is 1. The summed E-state index contributed by atoms with van der Waals surface area (Å²) in [5.74, 6) is 0.881. The second-order valence-electron chi connectivity index (χ2n) is 5.01. The number of rotatable bonds is 4. The summed E-state index contributed by atoms with van der Waals surface area (Å²) < 4.78 is 5.40. The van der Waals surface area contributed by atoms with E-state index in [1.165, 1.54) is 0 Å². The smallest absolute Gasteiger partial charge is 0.258 e. The Morgan fingerprint density at radius 1 is 1.45 bits per heavy atom. The van der Waals surface area contributed by atoms with Gasteiger partial charge in [0.15, 0.2) is 6.61 Å². The summed E-state index contributed by atoms with van der Waals surface area (Å²) in [5.41, 5.74) is 0. The molecule has 6 heteroatoms. The first-order chi connectivity index (χ1) is 9.56. The van der Waals surface area contributed by atoms with E-state index in [4.69, 9.17) is 27.9 Å². The van der Waals surface area contributed by atoms with E-state index in [1.807, 2.05) is 0 Å². The van der Waals surface area contributed by atoms with Crippen molar-refractivity contribution in [1.29, 1.82) is 0 Å². The van der Waals surface area contributed by atoms with Crippen LogP contribution < -0.4 is 15.4 Å². The van der Waals surface area contributed by atoms with E-state index in [1.54, 1.807) is 18.2 Å². The lowest BCUT2D eigenvalue weighted by Crippen LogP contribution is -2.51. The van der Waals surface area contributed by atoms with Crippen LogP contribution in [0.5, 0.6) is 5.75 Å². The van der Waals surface area contributed by atoms with Gasteiger partial charge in [0.2, 0.25) is 0 Å². The Balaban J connectivity index is 1.81. The number of carbonyl (C=O) groups excluding carboxylic acids is 1. The molecule has 2 atom stereocenters. The van der Waals surface area contributed by atoms with Gasteiger partial charge in [-0.05, 0) is 31.0 Å². The number of nitrogens with one attached hydrogen (secondary N) is 2. The van der Waals surface area contributed by atoms with Gasteiger partial charge in [0.05, 0.1) is 10.0 Å². The number of halogens is 2. The summed E-state index contributed by atoms with van der Waals surface area (Å²) in [6, 6.07) is 5.09. The molecule has 2 N–H and O–H groups in total. The summed E-state index contributed by atoms with van der Waals surface area (Å²) in [7, 11) is 0. The number of carbonyl (C=O) groups is 1. The van der Waals surface area contributed by atoms with Crippen LogP contribution in [0.4, 0.5) is 0 Å². The van der Waals surface area contributed by atoms with E-state index in [2.05, 4.69) is 17.6 Å². The Morgan fingerprint density at radius 3 is 2.95 bits per heavy atom. The van der Waals surface area contributed by atoms with E-state index in [0.717, 1.165) is 19.5 Å².